The lowest BCUT2D eigenvalue weighted by Crippen LogP contribution is -2.38. The third-order valence-corrected chi connectivity index (χ3v) is 6.44. The van der Waals surface area contributed by atoms with Crippen molar-refractivity contribution in [3.05, 3.63) is 66.2 Å². The van der Waals surface area contributed by atoms with Crippen LogP contribution in [-0.2, 0) is 4.79 Å². The minimum atomic E-state index is -0.810. The lowest BCUT2D eigenvalue weighted by Gasteiger charge is -2.32. The topological polar surface area (TPSA) is 77.4 Å². The van der Waals surface area contributed by atoms with Gasteiger partial charge >= 0.3 is 0 Å². The maximum atomic E-state index is 13.7. The minimum Gasteiger partial charge on any atom is -0.493 e. The van der Waals surface area contributed by atoms with Crippen LogP contribution in [0.2, 0.25) is 0 Å². The van der Waals surface area contributed by atoms with Crippen LogP contribution in [0.5, 0.6) is 11.6 Å². The quantitative estimate of drug-likeness (QED) is 0.308. The number of aromatic nitrogens is 3. The molecule has 0 bridgehead atoms. The molecule has 35 heavy (non-hydrogen) atoms. The summed E-state index contributed by atoms with van der Waals surface area (Å²) in [5, 5.41) is 11.2. The molecule has 2 heterocycles. The zero-order chi connectivity index (χ0) is 24.4. The number of thioether (sulfide) groups is 1. The van der Waals surface area contributed by atoms with E-state index in [0.717, 1.165) is 21.9 Å². The van der Waals surface area contributed by atoms with Crippen LogP contribution in [0.15, 0.2) is 65.8 Å². The van der Waals surface area contributed by atoms with Gasteiger partial charge in [-0.15, -0.1) is 10.2 Å². The molecule has 0 aliphatic carbocycles. The smallest absolute Gasteiger partial charge is 0.247 e. The number of carbonyl (C=O) groups excluding carboxylic acids is 1. The highest BCUT2D eigenvalue weighted by Gasteiger charge is 2.38. The van der Waals surface area contributed by atoms with Crippen LogP contribution in [0.25, 0.3) is 22.0 Å². The van der Waals surface area contributed by atoms with E-state index in [1.165, 1.54) is 11.8 Å². The molecular formula is C27H26N4O3S. The lowest BCUT2D eigenvalue weighted by atomic mass is 10.00. The van der Waals surface area contributed by atoms with Crippen molar-refractivity contribution in [1.82, 2.24) is 15.2 Å². The predicted molar refractivity (Wildman–Crippen MR) is 138 cm³/mol. The summed E-state index contributed by atoms with van der Waals surface area (Å²) >= 11 is 1.39. The number of hydrogen-bond donors (Lipinski definition) is 0. The monoisotopic (exact) mass is 486 g/mol. The maximum absolute atomic E-state index is 13.7. The Morgan fingerprint density at radius 3 is 2.66 bits per heavy atom. The minimum absolute atomic E-state index is 0.0498. The fraction of sp³-hybridized carbons (Fsp3) is 0.259. The maximum Gasteiger partial charge on any atom is 0.247 e. The summed E-state index contributed by atoms with van der Waals surface area (Å²) in [7, 11) is 0. The van der Waals surface area contributed by atoms with E-state index in [0.29, 0.717) is 47.6 Å². The zero-order valence-corrected chi connectivity index (χ0v) is 20.7. The van der Waals surface area contributed by atoms with Gasteiger partial charge in [0.25, 0.3) is 0 Å². The van der Waals surface area contributed by atoms with Gasteiger partial charge < -0.3 is 9.47 Å². The van der Waals surface area contributed by atoms with E-state index >= 15 is 0 Å². The number of ether oxygens (including phenoxy) is 2. The molecule has 8 heteroatoms. The molecule has 0 spiro atoms. The number of para-hydroxylation sites is 1. The fourth-order valence-corrected chi connectivity index (χ4v) is 4.70. The number of carbonyl (C=O) groups is 1. The number of benzene rings is 3. The van der Waals surface area contributed by atoms with Gasteiger partial charge in [-0.2, -0.15) is 4.98 Å². The van der Waals surface area contributed by atoms with E-state index in [9.17, 15) is 4.79 Å². The van der Waals surface area contributed by atoms with Gasteiger partial charge in [-0.1, -0.05) is 67.2 Å². The Morgan fingerprint density at radius 1 is 1.06 bits per heavy atom. The van der Waals surface area contributed by atoms with Crippen LogP contribution >= 0.6 is 11.8 Å². The molecule has 0 saturated carbocycles. The molecule has 1 aliphatic heterocycles. The van der Waals surface area contributed by atoms with E-state index in [1.54, 1.807) is 4.90 Å². The highest BCUT2D eigenvalue weighted by molar-refractivity contribution is 7.98. The normalized spacial score (nSPS) is 14.6. The van der Waals surface area contributed by atoms with Crippen molar-refractivity contribution in [2.24, 2.45) is 0 Å². The highest BCUT2D eigenvalue weighted by atomic mass is 32.2. The Morgan fingerprint density at radius 2 is 1.86 bits per heavy atom. The van der Waals surface area contributed by atoms with Gasteiger partial charge in [0.1, 0.15) is 5.75 Å². The van der Waals surface area contributed by atoms with E-state index in [4.69, 9.17) is 9.47 Å². The Balaban J connectivity index is 1.83. The fourth-order valence-electron chi connectivity index (χ4n) is 4.40. The third kappa shape index (κ3) is 4.18. The van der Waals surface area contributed by atoms with E-state index < -0.39 is 6.23 Å². The van der Waals surface area contributed by atoms with Crippen molar-refractivity contribution in [3.8, 4) is 22.9 Å². The summed E-state index contributed by atoms with van der Waals surface area (Å²) in [5.74, 6) is 0.953. The largest absolute Gasteiger partial charge is 0.493 e. The molecule has 178 valence electrons. The van der Waals surface area contributed by atoms with Crippen LogP contribution < -0.4 is 14.4 Å². The van der Waals surface area contributed by atoms with Crippen molar-refractivity contribution in [1.29, 1.82) is 0 Å². The first-order valence-corrected chi connectivity index (χ1v) is 12.9. The molecule has 1 aliphatic rings. The summed E-state index contributed by atoms with van der Waals surface area (Å²) in [4.78, 5) is 20.1. The van der Waals surface area contributed by atoms with E-state index in [1.807, 2.05) is 80.8 Å². The highest BCUT2D eigenvalue weighted by Crippen LogP contribution is 2.46. The van der Waals surface area contributed by atoms with Gasteiger partial charge in [-0.05, 0) is 42.5 Å². The van der Waals surface area contributed by atoms with Crippen LogP contribution in [-0.4, -0.2) is 34.0 Å². The van der Waals surface area contributed by atoms with Crippen molar-refractivity contribution in [2.45, 2.75) is 38.1 Å². The van der Waals surface area contributed by atoms with Gasteiger partial charge in [0, 0.05) is 12.0 Å². The Hall–Kier alpha value is -3.65. The van der Waals surface area contributed by atoms with Crippen LogP contribution in [0.3, 0.4) is 0 Å². The Bertz CT molecular complexity index is 1390. The van der Waals surface area contributed by atoms with Gasteiger partial charge in [0.2, 0.25) is 23.2 Å². The summed E-state index contributed by atoms with van der Waals surface area (Å²) in [6.07, 6.45) is 2.16. The second-order valence-corrected chi connectivity index (χ2v) is 8.86. The van der Waals surface area contributed by atoms with Gasteiger partial charge in [0.15, 0.2) is 5.69 Å². The van der Waals surface area contributed by atoms with E-state index in [-0.39, 0.29) is 5.91 Å². The molecule has 1 atom stereocenters. The SMILES string of the molecule is CCCC(=O)N1c2ccccc2-c2nnc(SC)nc2O[C@@H]1c1c(OCC)ccc2ccccc12. The van der Waals surface area contributed by atoms with Crippen LogP contribution in [0.4, 0.5) is 5.69 Å². The van der Waals surface area contributed by atoms with Gasteiger partial charge in [0.05, 0.1) is 17.9 Å². The first kappa shape index (κ1) is 23.1. The molecule has 0 fully saturated rings. The van der Waals surface area contributed by atoms with Crippen LogP contribution in [0.1, 0.15) is 38.5 Å². The third-order valence-electron chi connectivity index (χ3n) is 5.90. The molecule has 4 aromatic rings. The second kappa shape index (κ2) is 9.92. The van der Waals surface area contributed by atoms with Crippen molar-refractivity contribution in [3.63, 3.8) is 0 Å². The molecule has 1 amide bonds. The molecule has 0 saturated heterocycles. The zero-order valence-electron chi connectivity index (χ0n) is 19.9. The Kier molecular flexibility index (Phi) is 6.55. The number of amides is 1. The second-order valence-electron chi connectivity index (χ2n) is 8.08. The first-order valence-electron chi connectivity index (χ1n) is 11.7. The first-order chi connectivity index (χ1) is 17.2. The molecule has 5 rings (SSSR count). The molecule has 0 radical (unpaired) electrons. The van der Waals surface area contributed by atoms with Gasteiger partial charge in [-0.3, -0.25) is 9.69 Å². The molecule has 3 aromatic carbocycles. The number of nitrogens with zero attached hydrogens (tertiary/aromatic N) is 4. The summed E-state index contributed by atoms with van der Waals surface area (Å²) in [5.41, 5.74) is 2.74. The molecule has 1 aromatic heterocycles. The van der Waals surface area contributed by atoms with Gasteiger partial charge in [-0.25, -0.2) is 0 Å². The molecule has 7 nitrogen and oxygen atoms in total. The molecule has 0 unspecified atom stereocenters. The van der Waals surface area contributed by atoms with Crippen molar-refractivity contribution in [2.75, 3.05) is 17.8 Å². The lowest BCUT2D eigenvalue weighted by molar-refractivity contribution is -0.120. The van der Waals surface area contributed by atoms with E-state index in [2.05, 4.69) is 15.2 Å². The number of rotatable bonds is 6. The molecular weight excluding hydrogens is 460 g/mol. The molecule has 0 N–H and O–H groups in total. The average Bonchev–Trinajstić information content (AvgIpc) is 3.03. The average molecular weight is 487 g/mol. The number of fused-ring (bicyclic) bond motifs is 4. The number of anilines is 1. The van der Waals surface area contributed by atoms with Crippen molar-refractivity contribution >= 4 is 34.1 Å². The number of hydrogen-bond acceptors (Lipinski definition) is 7. The van der Waals surface area contributed by atoms with Crippen LogP contribution in [0, 0.1) is 0 Å². The summed E-state index contributed by atoms with van der Waals surface area (Å²) < 4.78 is 12.7. The summed E-state index contributed by atoms with van der Waals surface area (Å²) in [6.45, 7) is 4.42. The Labute approximate surface area is 208 Å². The predicted octanol–water partition coefficient (Wildman–Crippen LogP) is 6.04. The van der Waals surface area contributed by atoms with Crippen molar-refractivity contribution < 1.29 is 14.3 Å². The summed E-state index contributed by atoms with van der Waals surface area (Å²) in [6, 6.07) is 19.7. The standard InChI is InChI=1S/C27H26N4O3S/c1-4-10-22(32)31-20-14-9-8-13-19(20)24-25(28-27(35-3)30-29-24)34-26(31)23-18-12-7-6-11-17(18)15-16-21(23)33-5-2/h6-9,11-16,26H,4-5,10H2,1-3H3/t26-/m1/s1.